The van der Waals surface area contributed by atoms with E-state index in [0.29, 0.717) is 5.92 Å². The Hall–Kier alpha value is -4.50. The molecule has 3 heterocycles. The summed E-state index contributed by atoms with van der Waals surface area (Å²) in [5, 5.41) is 2.58. The minimum absolute atomic E-state index is 0. The summed E-state index contributed by atoms with van der Waals surface area (Å²) in [4.78, 5) is 9.12. The summed E-state index contributed by atoms with van der Waals surface area (Å²) in [6, 6.07) is 41.2. The van der Waals surface area contributed by atoms with Crippen molar-refractivity contribution < 1.29 is 20.1 Å². The summed E-state index contributed by atoms with van der Waals surface area (Å²) in [5.41, 5.74) is 12.5. The molecule has 0 aliphatic heterocycles. The number of hydrogen-bond donors (Lipinski definition) is 0. The zero-order valence-corrected chi connectivity index (χ0v) is 28.6. The van der Waals surface area contributed by atoms with Crippen molar-refractivity contribution in [3.63, 3.8) is 0 Å². The molecule has 7 aromatic rings. The number of rotatable bonds is 5. The van der Waals surface area contributed by atoms with Crippen molar-refractivity contribution in [1.29, 1.82) is 0 Å². The van der Waals surface area contributed by atoms with Crippen LogP contribution in [0.5, 0.6) is 0 Å². The Balaban J connectivity index is 0.000000177. The van der Waals surface area contributed by atoms with E-state index in [2.05, 4.69) is 122 Å². The third-order valence-corrected chi connectivity index (χ3v) is 7.93. The standard InChI is InChI=1S/C22H21N2.C19H16N.Ir/c1-15(2)14-24-21-7-5-4-6-18(21)19-13-17(8-9-22(19)24)20-12-16(3)10-11-23-20;1-14-8-6-7-11-17(14)19-12-15(2)18(13-20-19)16-9-4-3-5-10-16;/h4-7,9-13,15H,14H2,1-3H3;3-13H,1H2,2H3;/q2*-1;. The molecule has 4 aromatic carbocycles. The molecule has 4 heteroatoms. The van der Waals surface area contributed by atoms with Crippen LogP contribution in [0.25, 0.3) is 55.4 Å². The molecule has 7 rings (SSSR count). The van der Waals surface area contributed by atoms with Crippen LogP contribution in [0, 0.1) is 32.8 Å². The minimum atomic E-state index is 0. The Bertz CT molecular complexity index is 2060. The number of fused-ring (bicyclic) bond motifs is 3. The molecule has 0 bridgehead atoms. The van der Waals surface area contributed by atoms with E-state index in [9.17, 15) is 0 Å². The molecule has 45 heavy (non-hydrogen) atoms. The first-order valence-corrected chi connectivity index (χ1v) is 15.2. The number of benzene rings is 4. The molecule has 0 aliphatic carbocycles. The minimum Gasteiger partial charge on any atom is -0.380 e. The second-order valence-corrected chi connectivity index (χ2v) is 11.8. The SMILES string of the molecule is Cc1ccnc(-c2[c-]cc3c(c2)c2ccccc2n3CC(C)C)c1.[CH2-]c1ccccc1-c1cc(C)c(-c2ccccc2)cn1.[Ir]. The summed E-state index contributed by atoms with van der Waals surface area (Å²) in [6.45, 7) is 13.8. The van der Waals surface area contributed by atoms with E-state index in [1.54, 1.807) is 0 Å². The van der Waals surface area contributed by atoms with Gasteiger partial charge in [0.25, 0.3) is 0 Å². The fraction of sp³-hybridized carbons (Fsp3) is 0.146. The zero-order chi connectivity index (χ0) is 30.6. The molecule has 0 atom stereocenters. The van der Waals surface area contributed by atoms with Crippen LogP contribution >= 0.6 is 0 Å². The van der Waals surface area contributed by atoms with Crippen molar-refractivity contribution in [3.8, 4) is 33.6 Å². The van der Waals surface area contributed by atoms with Gasteiger partial charge in [0.05, 0.1) is 0 Å². The van der Waals surface area contributed by atoms with Crippen molar-refractivity contribution in [3.05, 3.63) is 151 Å². The van der Waals surface area contributed by atoms with E-state index in [4.69, 9.17) is 0 Å². The number of pyridine rings is 2. The monoisotopic (exact) mass is 764 g/mol. The number of aromatic nitrogens is 3. The van der Waals surface area contributed by atoms with Crippen molar-refractivity contribution >= 4 is 21.8 Å². The third kappa shape index (κ3) is 6.93. The average Bonchev–Trinajstić information content (AvgIpc) is 3.34. The van der Waals surface area contributed by atoms with E-state index in [0.717, 1.165) is 34.6 Å². The molecule has 3 aromatic heterocycles. The molecule has 0 fully saturated rings. The van der Waals surface area contributed by atoms with Crippen molar-refractivity contribution in [1.82, 2.24) is 14.5 Å². The van der Waals surface area contributed by atoms with Crippen LogP contribution in [0.3, 0.4) is 0 Å². The van der Waals surface area contributed by atoms with Gasteiger partial charge in [-0.25, -0.2) is 0 Å². The van der Waals surface area contributed by atoms with Crippen LogP contribution in [-0.2, 0) is 26.7 Å². The van der Waals surface area contributed by atoms with Crippen molar-refractivity contribution in [2.24, 2.45) is 5.92 Å². The van der Waals surface area contributed by atoms with Crippen molar-refractivity contribution in [2.45, 2.75) is 34.2 Å². The Morgan fingerprint density at radius 1 is 0.733 bits per heavy atom. The van der Waals surface area contributed by atoms with Crippen LogP contribution in [0.1, 0.15) is 30.5 Å². The predicted octanol–water partition coefficient (Wildman–Crippen LogP) is 10.5. The Morgan fingerprint density at radius 3 is 2.20 bits per heavy atom. The maximum atomic E-state index is 4.61. The van der Waals surface area contributed by atoms with Gasteiger partial charge in [0, 0.05) is 55.8 Å². The molecule has 227 valence electrons. The van der Waals surface area contributed by atoms with Gasteiger partial charge in [0.1, 0.15) is 0 Å². The van der Waals surface area contributed by atoms with Crippen LogP contribution in [0.15, 0.2) is 122 Å². The van der Waals surface area contributed by atoms with E-state index < -0.39 is 0 Å². The fourth-order valence-electron chi connectivity index (χ4n) is 5.78. The van der Waals surface area contributed by atoms with Gasteiger partial charge in [-0.15, -0.1) is 41.5 Å². The van der Waals surface area contributed by atoms with E-state index >= 15 is 0 Å². The summed E-state index contributed by atoms with van der Waals surface area (Å²) in [5.74, 6) is 0.599. The maximum absolute atomic E-state index is 4.61. The molecule has 0 amide bonds. The third-order valence-electron chi connectivity index (χ3n) is 7.93. The maximum Gasteiger partial charge on any atom is 0.0391 e. The molecule has 0 unspecified atom stereocenters. The first kappa shape index (κ1) is 31.9. The number of para-hydroxylation sites is 1. The zero-order valence-electron chi connectivity index (χ0n) is 26.2. The van der Waals surface area contributed by atoms with Gasteiger partial charge in [0.2, 0.25) is 0 Å². The van der Waals surface area contributed by atoms with Crippen LogP contribution in [0.4, 0.5) is 0 Å². The van der Waals surface area contributed by atoms with Gasteiger partial charge in [-0.05, 0) is 65.7 Å². The van der Waals surface area contributed by atoms with Crippen LogP contribution < -0.4 is 0 Å². The quantitative estimate of drug-likeness (QED) is 0.164. The topological polar surface area (TPSA) is 30.7 Å². The first-order valence-electron chi connectivity index (χ1n) is 15.2. The second kappa shape index (κ2) is 14.1. The van der Waals surface area contributed by atoms with Gasteiger partial charge >= 0.3 is 0 Å². The summed E-state index contributed by atoms with van der Waals surface area (Å²) in [7, 11) is 0. The second-order valence-electron chi connectivity index (χ2n) is 11.8. The predicted molar refractivity (Wildman–Crippen MR) is 185 cm³/mol. The first-order chi connectivity index (χ1) is 21.4. The number of nitrogens with zero attached hydrogens (tertiary/aromatic N) is 3. The molecule has 1 radical (unpaired) electrons. The normalized spacial score (nSPS) is 10.9. The van der Waals surface area contributed by atoms with Gasteiger partial charge < -0.3 is 9.55 Å². The van der Waals surface area contributed by atoms with Gasteiger partial charge in [-0.1, -0.05) is 85.5 Å². The van der Waals surface area contributed by atoms with Gasteiger partial charge in [-0.2, -0.15) is 18.6 Å². The molecule has 0 N–H and O–H groups in total. The summed E-state index contributed by atoms with van der Waals surface area (Å²) >= 11 is 0. The summed E-state index contributed by atoms with van der Waals surface area (Å²) in [6.07, 6.45) is 3.82. The van der Waals surface area contributed by atoms with E-state index in [-0.39, 0.29) is 20.1 Å². The number of aryl methyl sites for hydroxylation is 2. The largest absolute Gasteiger partial charge is 0.380 e. The molecule has 0 saturated heterocycles. The smallest absolute Gasteiger partial charge is 0.0391 e. The fourth-order valence-corrected chi connectivity index (χ4v) is 5.78. The molecule has 3 nitrogen and oxygen atoms in total. The molecule has 0 spiro atoms. The molecular formula is C41H37IrN3-2. The average molecular weight is 764 g/mol. The van der Waals surface area contributed by atoms with E-state index in [1.807, 2.05) is 54.9 Å². The Labute approximate surface area is 280 Å². The Kier molecular flexibility index (Phi) is 9.98. The number of hydrogen-bond acceptors (Lipinski definition) is 2. The van der Waals surface area contributed by atoms with Gasteiger partial charge in [-0.3, -0.25) is 4.98 Å². The summed E-state index contributed by atoms with van der Waals surface area (Å²) < 4.78 is 2.42. The molecule has 0 saturated carbocycles. The van der Waals surface area contributed by atoms with Crippen molar-refractivity contribution in [2.75, 3.05) is 0 Å². The van der Waals surface area contributed by atoms with Gasteiger partial charge in [0.15, 0.2) is 0 Å². The molecule has 0 aliphatic rings. The molecular weight excluding hydrogens is 727 g/mol. The van der Waals surface area contributed by atoms with Crippen LogP contribution in [-0.4, -0.2) is 14.5 Å². The Morgan fingerprint density at radius 2 is 1.47 bits per heavy atom. The van der Waals surface area contributed by atoms with E-state index in [1.165, 1.54) is 44.1 Å². The van der Waals surface area contributed by atoms with Crippen LogP contribution in [0.2, 0.25) is 0 Å².